The predicted molar refractivity (Wildman–Crippen MR) is 131 cm³/mol. The van der Waals surface area contributed by atoms with Crippen molar-refractivity contribution < 1.29 is 18.9 Å². The number of nitrogens with one attached hydrogen (secondary N) is 1. The van der Waals surface area contributed by atoms with E-state index in [1.54, 1.807) is 7.11 Å². The minimum absolute atomic E-state index is 0.0200. The number of nitro benzene ring substituents is 1. The highest BCUT2D eigenvalue weighted by atomic mass is 16.6. The van der Waals surface area contributed by atoms with E-state index in [-0.39, 0.29) is 36.2 Å². The van der Waals surface area contributed by atoms with Crippen molar-refractivity contribution in [2.45, 2.75) is 44.7 Å². The highest BCUT2D eigenvalue weighted by Gasteiger charge is 2.25. The molecule has 2 aromatic carbocycles. The number of likely N-dealkylation sites (tertiary alicyclic amines) is 1. The van der Waals surface area contributed by atoms with Crippen LogP contribution in [0, 0.1) is 10.1 Å². The Kier molecular flexibility index (Phi) is 7.81. The normalized spacial score (nSPS) is 15.1. The maximum Gasteiger partial charge on any atom is 0.419 e. The van der Waals surface area contributed by atoms with E-state index in [9.17, 15) is 19.7 Å². The number of nitrogens with zero attached hydrogens (tertiary/aromatic N) is 3. The zero-order chi connectivity index (χ0) is 24.8. The molecule has 186 valence electrons. The second-order valence-electron chi connectivity index (χ2n) is 8.69. The molecular formula is C25H30N4O6. The molecule has 1 amide bonds. The lowest BCUT2D eigenvalue weighted by atomic mass is 10.0. The van der Waals surface area contributed by atoms with Crippen molar-refractivity contribution in [3.63, 3.8) is 0 Å². The minimum atomic E-state index is -0.595. The van der Waals surface area contributed by atoms with E-state index >= 15 is 0 Å². The van der Waals surface area contributed by atoms with Crippen molar-refractivity contribution in [2.75, 3.05) is 26.7 Å². The molecule has 10 heteroatoms. The van der Waals surface area contributed by atoms with Crippen LogP contribution in [0.5, 0.6) is 5.75 Å². The molecule has 0 aliphatic carbocycles. The van der Waals surface area contributed by atoms with E-state index < -0.39 is 10.7 Å². The molecule has 2 heterocycles. The SMILES string of the molecule is COc1ccccc1[C@@H](CNC(=O)CCCn1c(=O)oc2cc([N+](=O)[O-])ccc21)N1CCCCC1. The Morgan fingerprint density at radius 1 is 1.20 bits per heavy atom. The summed E-state index contributed by atoms with van der Waals surface area (Å²) >= 11 is 0. The molecule has 0 bridgehead atoms. The van der Waals surface area contributed by atoms with Gasteiger partial charge < -0.3 is 14.5 Å². The summed E-state index contributed by atoms with van der Waals surface area (Å²) < 4.78 is 12.1. The van der Waals surface area contributed by atoms with Crippen molar-refractivity contribution in [3.05, 3.63) is 68.7 Å². The molecule has 1 fully saturated rings. The van der Waals surface area contributed by atoms with Gasteiger partial charge in [0, 0.05) is 31.1 Å². The number of hydrogen-bond donors (Lipinski definition) is 1. The number of non-ortho nitro benzene ring substituents is 1. The Balaban J connectivity index is 1.37. The van der Waals surface area contributed by atoms with Gasteiger partial charge in [0.05, 0.1) is 29.7 Å². The lowest BCUT2D eigenvalue weighted by molar-refractivity contribution is -0.384. The van der Waals surface area contributed by atoms with Gasteiger partial charge in [0.25, 0.3) is 5.69 Å². The first-order chi connectivity index (χ1) is 17.0. The number of nitro groups is 1. The number of benzene rings is 2. The number of aromatic nitrogens is 1. The first-order valence-electron chi connectivity index (χ1n) is 11.9. The summed E-state index contributed by atoms with van der Waals surface area (Å²) in [4.78, 5) is 37.7. The number of methoxy groups -OCH3 is 1. The van der Waals surface area contributed by atoms with Crippen LogP contribution in [0.1, 0.15) is 43.7 Å². The molecule has 1 aliphatic heterocycles. The van der Waals surface area contributed by atoms with E-state index in [2.05, 4.69) is 10.2 Å². The van der Waals surface area contributed by atoms with Crippen LogP contribution in [0.2, 0.25) is 0 Å². The molecule has 10 nitrogen and oxygen atoms in total. The number of hydrogen-bond acceptors (Lipinski definition) is 7. The van der Waals surface area contributed by atoms with Crippen molar-refractivity contribution >= 4 is 22.7 Å². The third kappa shape index (κ3) is 5.71. The van der Waals surface area contributed by atoms with Gasteiger partial charge in [-0.1, -0.05) is 24.6 Å². The van der Waals surface area contributed by atoms with Gasteiger partial charge in [-0.15, -0.1) is 0 Å². The molecule has 0 spiro atoms. The maximum atomic E-state index is 12.7. The summed E-state index contributed by atoms with van der Waals surface area (Å²) in [6, 6.07) is 12.0. The Labute approximate surface area is 202 Å². The number of para-hydroxylation sites is 1. The average molecular weight is 483 g/mol. The lowest BCUT2D eigenvalue weighted by Gasteiger charge is -2.35. The van der Waals surface area contributed by atoms with E-state index in [0.29, 0.717) is 18.5 Å². The number of oxazole rings is 1. The summed E-state index contributed by atoms with van der Waals surface area (Å²) in [7, 11) is 1.66. The molecule has 1 aliphatic rings. The lowest BCUT2D eigenvalue weighted by Crippen LogP contribution is -2.40. The standard InChI is InChI=1S/C25H30N4O6/c1-34-22-9-4-3-8-19(22)21(27-13-5-2-6-14-27)17-26-24(30)10-7-15-28-20-12-11-18(29(32)33)16-23(20)35-25(28)31/h3-4,8-9,11-12,16,21H,2,5-7,10,13-15,17H2,1H3,(H,26,30)/t21-/m1/s1. The van der Waals surface area contributed by atoms with E-state index in [1.807, 2.05) is 24.3 Å². The molecular weight excluding hydrogens is 452 g/mol. The monoisotopic (exact) mass is 482 g/mol. The van der Waals surface area contributed by atoms with Gasteiger partial charge in [0.2, 0.25) is 5.91 Å². The number of fused-ring (bicyclic) bond motifs is 1. The van der Waals surface area contributed by atoms with Crippen LogP contribution < -0.4 is 15.8 Å². The zero-order valence-corrected chi connectivity index (χ0v) is 19.8. The fourth-order valence-corrected chi connectivity index (χ4v) is 4.68. The molecule has 1 N–H and O–H groups in total. The minimum Gasteiger partial charge on any atom is -0.496 e. The van der Waals surface area contributed by atoms with Crippen LogP contribution in [-0.2, 0) is 11.3 Å². The number of piperidine rings is 1. The van der Waals surface area contributed by atoms with Crippen LogP contribution in [0.3, 0.4) is 0 Å². The summed E-state index contributed by atoms with van der Waals surface area (Å²) in [5.41, 5.74) is 1.55. The van der Waals surface area contributed by atoms with Gasteiger partial charge in [0.15, 0.2) is 5.58 Å². The van der Waals surface area contributed by atoms with Crippen LogP contribution in [-0.4, -0.2) is 47.0 Å². The van der Waals surface area contributed by atoms with Crippen LogP contribution in [0.4, 0.5) is 5.69 Å². The molecule has 0 saturated carbocycles. The molecule has 1 atom stereocenters. The van der Waals surface area contributed by atoms with Crippen LogP contribution in [0.25, 0.3) is 11.1 Å². The third-order valence-electron chi connectivity index (χ3n) is 6.47. The topological polar surface area (TPSA) is 120 Å². The first-order valence-corrected chi connectivity index (χ1v) is 11.9. The summed E-state index contributed by atoms with van der Waals surface area (Å²) in [6.45, 7) is 2.71. The fourth-order valence-electron chi connectivity index (χ4n) is 4.68. The molecule has 0 unspecified atom stereocenters. The Bertz CT molecular complexity index is 1240. The smallest absolute Gasteiger partial charge is 0.419 e. The quantitative estimate of drug-likeness (QED) is 0.346. The number of rotatable bonds is 10. The predicted octanol–water partition coefficient (Wildman–Crippen LogP) is 3.63. The number of carbonyl (C=O) groups excluding carboxylic acids is 1. The Morgan fingerprint density at radius 3 is 2.71 bits per heavy atom. The van der Waals surface area contributed by atoms with Gasteiger partial charge >= 0.3 is 5.76 Å². The molecule has 3 aromatic rings. The van der Waals surface area contributed by atoms with E-state index in [1.165, 1.54) is 29.2 Å². The third-order valence-corrected chi connectivity index (χ3v) is 6.47. The summed E-state index contributed by atoms with van der Waals surface area (Å²) in [6.07, 6.45) is 4.16. The molecule has 1 saturated heterocycles. The Hall–Kier alpha value is -3.66. The van der Waals surface area contributed by atoms with E-state index in [0.717, 1.165) is 37.2 Å². The van der Waals surface area contributed by atoms with Crippen molar-refractivity contribution in [1.82, 2.24) is 14.8 Å². The number of aryl methyl sites for hydroxylation is 1. The molecule has 1 aromatic heterocycles. The number of carbonyl (C=O) groups is 1. The fraction of sp³-hybridized carbons (Fsp3) is 0.440. The highest BCUT2D eigenvalue weighted by Crippen LogP contribution is 2.31. The molecule has 4 rings (SSSR count). The summed E-state index contributed by atoms with van der Waals surface area (Å²) in [5.74, 6) is 0.115. The summed E-state index contributed by atoms with van der Waals surface area (Å²) in [5, 5.41) is 14.0. The second kappa shape index (κ2) is 11.2. The van der Waals surface area contributed by atoms with Crippen LogP contribution >= 0.6 is 0 Å². The Morgan fingerprint density at radius 2 is 1.97 bits per heavy atom. The van der Waals surface area contributed by atoms with Gasteiger partial charge in [0.1, 0.15) is 5.75 Å². The molecule has 0 radical (unpaired) electrons. The van der Waals surface area contributed by atoms with Gasteiger partial charge in [-0.2, -0.15) is 0 Å². The average Bonchev–Trinajstić information content (AvgIpc) is 3.19. The largest absolute Gasteiger partial charge is 0.496 e. The van der Waals surface area contributed by atoms with Gasteiger partial charge in [-0.25, -0.2) is 4.79 Å². The van der Waals surface area contributed by atoms with Gasteiger partial charge in [-0.05, 0) is 44.5 Å². The van der Waals surface area contributed by atoms with Crippen molar-refractivity contribution in [1.29, 1.82) is 0 Å². The highest BCUT2D eigenvalue weighted by molar-refractivity contribution is 5.76. The first kappa shape index (κ1) is 24.5. The van der Waals surface area contributed by atoms with E-state index in [4.69, 9.17) is 9.15 Å². The number of ether oxygens (including phenoxy) is 1. The number of amides is 1. The van der Waals surface area contributed by atoms with Crippen molar-refractivity contribution in [3.8, 4) is 5.75 Å². The van der Waals surface area contributed by atoms with Crippen LogP contribution in [0.15, 0.2) is 51.7 Å². The van der Waals surface area contributed by atoms with Gasteiger partial charge in [-0.3, -0.25) is 24.4 Å². The zero-order valence-electron chi connectivity index (χ0n) is 19.8. The second-order valence-corrected chi connectivity index (χ2v) is 8.69. The maximum absolute atomic E-state index is 12.7. The molecule has 35 heavy (non-hydrogen) atoms. The van der Waals surface area contributed by atoms with Crippen molar-refractivity contribution in [2.24, 2.45) is 0 Å².